The number of hydrogen-bond donors (Lipinski definition) is 1. The molecule has 3 fully saturated rings. The fourth-order valence-electron chi connectivity index (χ4n) is 2.81. The molecule has 0 unspecified atom stereocenters. The SMILES string of the molecule is O=C(CN1CCCC1=O)NC(C1CC1)C1CC1. The molecule has 17 heavy (non-hydrogen) atoms. The van der Waals surface area contributed by atoms with Gasteiger partial charge in [-0.25, -0.2) is 0 Å². The van der Waals surface area contributed by atoms with Crippen molar-refractivity contribution in [1.82, 2.24) is 10.2 Å². The molecular weight excluding hydrogens is 216 g/mol. The number of hydrogen-bond acceptors (Lipinski definition) is 2. The van der Waals surface area contributed by atoms with Gasteiger partial charge in [0, 0.05) is 19.0 Å². The van der Waals surface area contributed by atoms with Gasteiger partial charge >= 0.3 is 0 Å². The highest BCUT2D eigenvalue weighted by molar-refractivity contribution is 5.86. The van der Waals surface area contributed by atoms with Crippen LogP contribution in [0.2, 0.25) is 0 Å². The zero-order chi connectivity index (χ0) is 11.8. The summed E-state index contributed by atoms with van der Waals surface area (Å²) in [5, 5.41) is 3.16. The highest BCUT2D eigenvalue weighted by atomic mass is 16.2. The van der Waals surface area contributed by atoms with Gasteiger partial charge in [-0.15, -0.1) is 0 Å². The maximum atomic E-state index is 11.9. The van der Waals surface area contributed by atoms with Crippen LogP contribution >= 0.6 is 0 Å². The van der Waals surface area contributed by atoms with Gasteiger partial charge < -0.3 is 10.2 Å². The van der Waals surface area contributed by atoms with Gasteiger partial charge in [0.2, 0.25) is 11.8 Å². The lowest BCUT2D eigenvalue weighted by Crippen LogP contribution is -2.44. The molecule has 94 valence electrons. The van der Waals surface area contributed by atoms with Crippen molar-refractivity contribution in [1.29, 1.82) is 0 Å². The lowest BCUT2D eigenvalue weighted by Gasteiger charge is -2.20. The van der Waals surface area contributed by atoms with E-state index in [4.69, 9.17) is 0 Å². The van der Waals surface area contributed by atoms with Gasteiger partial charge in [0.1, 0.15) is 0 Å². The minimum absolute atomic E-state index is 0.0454. The molecule has 4 nitrogen and oxygen atoms in total. The molecule has 0 radical (unpaired) electrons. The van der Waals surface area contributed by atoms with Gasteiger partial charge in [-0.05, 0) is 43.9 Å². The van der Waals surface area contributed by atoms with E-state index in [0.29, 0.717) is 12.5 Å². The molecule has 0 bridgehead atoms. The lowest BCUT2D eigenvalue weighted by atomic mass is 10.1. The molecule has 3 rings (SSSR count). The van der Waals surface area contributed by atoms with Crippen LogP contribution < -0.4 is 5.32 Å². The van der Waals surface area contributed by atoms with Gasteiger partial charge in [0.05, 0.1) is 6.54 Å². The first-order valence-electron chi connectivity index (χ1n) is 6.81. The Morgan fingerprint density at radius 2 is 1.94 bits per heavy atom. The van der Waals surface area contributed by atoms with Crippen LogP contribution in [0.5, 0.6) is 0 Å². The Bertz CT molecular complexity index is 322. The van der Waals surface area contributed by atoms with E-state index in [1.807, 2.05) is 0 Å². The highest BCUT2D eigenvalue weighted by Gasteiger charge is 2.42. The monoisotopic (exact) mass is 236 g/mol. The predicted molar refractivity (Wildman–Crippen MR) is 63.2 cm³/mol. The van der Waals surface area contributed by atoms with E-state index in [0.717, 1.165) is 24.8 Å². The van der Waals surface area contributed by atoms with Gasteiger partial charge in [-0.1, -0.05) is 0 Å². The molecule has 0 aromatic rings. The standard InChI is InChI=1S/C13H20N2O2/c16-11(8-15-7-1-2-12(15)17)14-13(9-3-4-9)10-5-6-10/h9-10,13H,1-8H2,(H,14,16). The van der Waals surface area contributed by atoms with Crippen LogP contribution in [0.4, 0.5) is 0 Å². The van der Waals surface area contributed by atoms with Crippen molar-refractivity contribution in [2.75, 3.05) is 13.1 Å². The van der Waals surface area contributed by atoms with Crippen molar-refractivity contribution in [3.63, 3.8) is 0 Å². The third-order valence-electron chi connectivity index (χ3n) is 4.09. The minimum Gasteiger partial charge on any atom is -0.351 e. The molecule has 2 saturated carbocycles. The zero-order valence-corrected chi connectivity index (χ0v) is 10.2. The van der Waals surface area contributed by atoms with Crippen molar-refractivity contribution in [3.05, 3.63) is 0 Å². The van der Waals surface area contributed by atoms with Gasteiger partial charge in [0.15, 0.2) is 0 Å². The Morgan fingerprint density at radius 1 is 1.29 bits per heavy atom. The smallest absolute Gasteiger partial charge is 0.239 e. The van der Waals surface area contributed by atoms with Crippen LogP contribution in [-0.4, -0.2) is 35.8 Å². The number of likely N-dealkylation sites (tertiary alicyclic amines) is 1. The molecule has 2 amide bonds. The Labute approximate surface area is 102 Å². The molecule has 0 aromatic carbocycles. The molecule has 0 spiro atoms. The van der Waals surface area contributed by atoms with Crippen LogP contribution in [0.1, 0.15) is 38.5 Å². The number of carbonyl (C=O) groups is 2. The molecule has 3 aliphatic rings. The second kappa shape index (κ2) is 4.31. The zero-order valence-electron chi connectivity index (χ0n) is 10.2. The van der Waals surface area contributed by atoms with Gasteiger partial charge in [-0.3, -0.25) is 9.59 Å². The van der Waals surface area contributed by atoms with Gasteiger partial charge in [0.25, 0.3) is 0 Å². The quantitative estimate of drug-likeness (QED) is 0.771. The summed E-state index contributed by atoms with van der Waals surface area (Å²) in [6, 6.07) is 0.403. The van der Waals surface area contributed by atoms with E-state index in [-0.39, 0.29) is 18.4 Å². The number of amides is 2. The van der Waals surface area contributed by atoms with Crippen molar-refractivity contribution >= 4 is 11.8 Å². The summed E-state index contributed by atoms with van der Waals surface area (Å²) in [6.07, 6.45) is 6.59. The molecule has 1 N–H and O–H groups in total. The summed E-state index contributed by atoms with van der Waals surface area (Å²) in [4.78, 5) is 25.0. The van der Waals surface area contributed by atoms with E-state index >= 15 is 0 Å². The topological polar surface area (TPSA) is 49.4 Å². The normalized spacial score (nSPS) is 24.5. The van der Waals surface area contributed by atoms with Crippen LogP contribution in [0.3, 0.4) is 0 Å². The summed E-state index contributed by atoms with van der Waals surface area (Å²) in [5.74, 6) is 1.63. The number of nitrogens with one attached hydrogen (secondary N) is 1. The van der Waals surface area contributed by atoms with E-state index in [1.54, 1.807) is 4.90 Å². The van der Waals surface area contributed by atoms with Crippen molar-refractivity contribution in [2.45, 2.75) is 44.6 Å². The Morgan fingerprint density at radius 3 is 2.41 bits per heavy atom. The Balaban J connectivity index is 1.50. The molecule has 2 aliphatic carbocycles. The first kappa shape index (κ1) is 11.1. The third-order valence-corrected chi connectivity index (χ3v) is 4.09. The number of rotatable bonds is 5. The van der Waals surface area contributed by atoms with Crippen molar-refractivity contribution in [3.8, 4) is 0 Å². The predicted octanol–water partition coefficient (Wildman–Crippen LogP) is 0.914. The van der Waals surface area contributed by atoms with Crippen molar-refractivity contribution < 1.29 is 9.59 Å². The molecule has 1 saturated heterocycles. The van der Waals surface area contributed by atoms with Crippen LogP contribution in [-0.2, 0) is 9.59 Å². The van der Waals surface area contributed by atoms with E-state index < -0.39 is 0 Å². The average Bonchev–Trinajstić information content (AvgIpc) is 3.19. The first-order valence-corrected chi connectivity index (χ1v) is 6.81. The van der Waals surface area contributed by atoms with Crippen LogP contribution in [0.15, 0.2) is 0 Å². The van der Waals surface area contributed by atoms with Crippen LogP contribution in [0, 0.1) is 11.8 Å². The summed E-state index contributed by atoms with van der Waals surface area (Å²) in [6.45, 7) is 1.03. The van der Waals surface area contributed by atoms with E-state index in [9.17, 15) is 9.59 Å². The van der Waals surface area contributed by atoms with Crippen LogP contribution in [0.25, 0.3) is 0 Å². The molecule has 1 aliphatic heterocycles. The minimum atomic E-state index is 0.0454. The summed E-state index contributed by atoms with van der Waals surface area (Å²) in [5.41, 5.74) is 0. The molecule has 4 heteroatoms. The molecule has 0 aromatic heterocycles. The maximum absolute atomic E-state index is 11.9. The van der Waals surface area contributed by atoms with E-state index in [1.165, 1.54) is 25.7 Å². The third kappa shape index (κ3) is 2.61. The molecular formula is C13H20N2O2. The Hall–Kier alpha value is -1.06. The summed E-state index contributed by atoms with van der Waals surface area (Å²) < 4.78 is 0. The molecule has 1 heterocycles. The lowest BCUT2D eigenvalue weighted by molar-refractivity contribution is -0.133. The summed E-state index contributed by atoms with van der Waals surface area (Å²) >= 11 is 0. The second-order valence-corrected chi connectivity index (χ2v) is 5.69. The maximum Gasteiger partial charge on any atom is 0.239 e. The van der Waals surface area contributed by atoms with Crippen molar-refractivity contribution in [2.24, 2.45) is 11.8 Å². The van der Waals surface area contributed by atoms with E-state index in [2.05, 4.69) is 5.32 Å². The summed E-state index contributed by atoms with van der Waals surface area (Å²) in [7, 11) is 0. The second-order valence-electron chi connectivity index (χ2n) is 5.69. The largest absolute Gasteiger partial charge is 0.351 e. The fraction of sp³-hybridized carbons (Fsp3) is 0.846. The molecule has 0 atom stereocenters. The van der Waals surface area contributed by atoms with Gasteiger partial charge in [-0.2, -0.15) is 0 Å². The first-order chi connectivity index (χ1) is 8.24. The Kier molecular flexibility index (Phi) is 2.81. The fourth-order valence-corrected chi connectivity index (χ4v) is 2.81. The average molecular weight is 236 g/mol. The number of nitrogens with zero attached hydrogens (tertiary/aromatic N) is 1. The number of carbonyl (C=O) groups excluding carboxylic acids is 2. The highest BCUT2D eigenvalue weighted by Crippen LogP contribution is 2.44.